The van der Waals surface area contributed by atoms with E-state index in [1.165, 1.54) is 54.9 Å². The Balaban J connectivity index is 1.37. The molecule has 0 aliphatic heterocycles. The molecule has 0 unspecified atom stereocenters. The van der Waals surface area contributed by atoms with Gasteiger partial charge in [-0.3, -0.25) is 4.99 Å². The Morgan fingerprint density at radius 2 is 1.02 bits per heavy atom. The lowest BCUT2D eigenvalue weighted by atomic mass is 9.85. The van der Waals surface area contributed by atoms with E-state index in [9.17, 15) is 0 Å². The molecule has 0 spiro atoms. The van der Waals surface area contributed by atoms with Crippen molar-refractivity contribution in [3.05, 3.63) is 152 Å². The van der Waals surface area contributed by atoms with Gasteiger partial charge in [-0.1, -0.05) is 128 Å². The highest BCUT2D eigenvalue weighted by molar-refractivity contribution is 6.21. The Labute approximate surface area is 253 Å². The summed E-state index contributed by atoms with van der Waals surface area (Å²) in [5, 5.41) is 8.60. The topological polar surface area (TPSA) is 24.4 Å². The van der Waals surface area contributed by atoms with Crippen molar-refractivity contribution in [2.24, 2.45) is 4.99 Å². The molecule has 0 aliphatic carbocycles. The number of aliphatic imine (C=N–C) groups is 1. The van der Waals surface area contributed by atoms with Crippen LogP contribution in [0.5, 0.6) is 0 Å². The van der Waals surface area contributed by atoms with Crippen LogP contribution < -0.4 is 5.32 Å². The highest BCUT2D eigenvalue weighted by Gasteiger charge is 2.17. The van der Waals surface area contributed by atoms with Crippen molar-refractivity contribution in [2.75, 3.05) is 5.32 Å². The van der Waals surface area contributed by atoms with E-state index in [4.69, 9.17) is 0 Å². The van der Waals surface area contributed by atoms with Crippen molar-refractivity contribution in [1.29, 1.82) is 0 Å². The molecular weight excluding hydrogens is 520 g/mol. The summed E-state index contributed by atoms with van der Waals surface area (Å²) >= 11 is 0. The van der Waals surface area contributed by atoms with Gasteiger partial charge in [0, 0.05) is 11.9 Å². The first kappa shape index (κ1) is 26.4. The van der Waals surface area contributed by atoms with Crippen LogP contribution in [0.4, 0.5) is 17.1 Å². The van der Waals surface area contributed by atoms with Crippen molar-refractivity contribution in [3.8, 4) is 33.4 Å². The van der Waals surface area contributed by atoms with Crippen LogP contribution in [0.1, 0.15) is 13.3 Å². The largest absolute Gasteiger partial charge is 0.354 e. The second-order valence-corrected chi connectivity index (χ2v) is 10.7. The van der Waals surface area contributed by atoms with Crippen molar-refractivity contribution in [2.45, 2.75) is 13.3 Å². The minimum Gasteiger partial charge on any atom is -0.354 e. The van der Waals surface area contributed by atoms with Gasteiger partial charge in [0.25, 0.3) is 0 Å². The van der Waals surface area contributed by atoms with Crippen molar-refractivity contribution in [3.63, 3.8) is 0 Å². The third-order valence-corrected chi connectivity index (χ3v) is 7.96. The number of para-hydroxylation sites is 2. The van der Waals surface area contributed by atoms with Crippen molar-refractivity contribution < 1.29 is 0 Å². The molecule has 0 heterocycles. The molecule has 0 atom stereocenters. The van der Waals surface area contributed by atoms with Gasteiger partial charge in [-0.05, 0) is 91.7 Å². The Hall–Kier alpha value is -5.47. The van der Waals surface area contributed by atoms with E-state index in [2.05, 4.69) is 151 Å². The zero-order valence-electron chi connectivity index (χ0n) is 24.2. The summed E-state index contributed by atoms with van der Waals surface area (Å²) in [5.41, 5.74) is 10.4. The number of nitrogens with zero attached hydrogens (tertiary/aromatic N) is 1. The molecule has 2 heteroatoms. The summed E-state index contributed by atoms with van der Waals surface area (Å²) in [6.07, 6.45) is 2.85. The summed E-state index contributed by atoms with van der Waals surface area (Å²) in [7, 11) is 0. The fourth-order valence-corrected chi connectivity index (χ4v) is 5.97. The maximum absolute atomic E-state index is 4.61. The van der Waals surface area contributed by atoms with Gasteiger partial charge in [0.2, 0.25) is 0 Å². The van der Waals surface area contributed by atoms with Gasteiger partial charge in [0.05, 0.1) is 11.4 Å². The molecule has 0 bridgehead atoms. The molecule has 0 aromatic heterocycles. The molecule has 0 fully saturated rings. The molecule has 0 radical (unpaired) electrons. The quantitative estimate of drug-likeness (QED) is 0.154. The SMILES string of the molecule is CCC=Nc1ccccc1Nc1ccc(-c2ccc3c(-c4ccccc4)c4ccccc4c(-c4ccccc4)c3c2)cc1. The number of hydrogen-bond acceptors (Lipinski definition) is 2. The number of hydrogen-bond donors (Lipinski definition) is 1. The highest BCUT2D eigenvalue weighted by Crippen LogP contribution is 2.44. The van der Waals surface area contributed by atoms with E-state index in [1.807, 2.05) is 24.4 Å². The standard InChI is InChI=1S/C41H32N2/c1-2-27-42-38-19-11-12-20-39(38)43-33-24-21-29(22-25-33)32-23-26-36-37(28-32)41(31-15-7-4-8-16-31)35-18-10-9-17-34(35)40(36)30-13-5-3-6-14-30/h3-28,43H,2H2,1H3. The van der Waals surface area contributed by atoms with Crippen molar-refractivity contribution >= 4 is 44.8 Å². The summed E-state index contributed by atoms with van der Waals surface area (Å²) < 4.78 is 0. The van der Waals surface area contributed by atoms with E-state index in [0.29, 0.717) is 0 Å². The molecule has 43 heavy (non-hydrogen) atoms. The van der Waals surface area contributed by atoms with Crippen molar-refractivity contribution in [1.82, 2.24) is 0 Å². The maximum Gasteiger partial charge on any atom is 0.0860 e. The second-order valence-electron chi connectivity index (χ2n) is 10.7. The molecule has 206 valence electrons. The highest BCUT2D eigenvalue weighted by atomic mass is 14.9. The molecule has 0 saturated heterocycles. The predicted octanol–water partition coefficient (Wildman–Crippen LogP) is 11.8. The monoisotopic (exact) mass is 552 g/mol. The summed E-state index contributed by atoms with van der Waals surface area (Å²) in [5.74, 6) is 0. The van der Waals surface area contributed by atoms with Gasteiger partial charge in [0.15, 0.2) is 0 Å². The number of nitrogens with one attached hydrogen (secondary N) is 1. The Morgan fingerprint density at radius 3 is 1.67 bits per heavy atom. The van der Waals surface area contributed by atoms with Crippen LogP contribution in [0.2, 0.25) is 0 Å². The van der Waals surface area contributed by atoms with Gasteiger partial charge in [-0.2, -0.15) is 0 Å². The van der Waals surface area contributed by atoms with E-state index in [-0.39, 0.29) is 0 Å². The van der Waals surface area contributed by atoms with E-state index >= 15 is 0 Å². The third kappa shape index (κ3) is 5.20. The van der Waals surface area contributed by atoms with E-state index in [0.717, 1.165) is 23.5 Å². The second kappa shape index (κ2) is 11.8. The number of anilines is 2. The molecule has 7 aromatic rings. The van der Waals surface area contributed by atoms with Gasteiger partial charge < -0.3 is 5.32 Å². The predicted molar refractivity (Wildman–Crippen MR) is 186 cm³/mol. The Morgan fingerprint density at radius 1 is 0.488 bits per heavy atom. The lowest BCUT2D eigenvalue weighted by Gasteiger charge is -2.18. The van der Waals surface area contributed by atoms with Crippen LogP contribution in [0.15, 0.2) is 157 Å². The number of rotatable bonds is 7. The first-order valence-electron chi connectivity index (χ1n) is 14.9. The van der Waals surface area contributed by atoms with Gasteiger partial charge in [0.1, 0.15) is 0 Å². The van der Waals surface area contributed by atoms with Crippen LogP contribution in [0.3, 0.4) is 0 Å². The van der Waals surface area contributed by atoms with Crippen LogP contribution in [0.25, 0.3) is 54.9 Å². The summed E-state index contributed by atoms with van der Waals surface area (Å²) in [4.78, 5) is 4.61. The summed E-state index contributed by atoms with van der Waals surface area (Å²) in [6, 6.07) is 54.2. The third-order valence-electron chi connectivity index (χ3n) is 7.96. The Kier molecular flexibility index (Phi) is 7.25. The zero-order chi connectivity index (χ0) is 29.0. The number of benzene rings is 7. The zero-order valence-corrected chi connectivity index (χ0v) is 24.2. The fourth-order valence-electron chi connectivity index (χ4n) is 5.97. The molecule has 7 rings (SSSR count). The number of fused-ring (bicyclic) bond motifs is 2. The summed E-state index contributed by atoms with van der Waals surface area (Å²) in [6.45, 7) is 2.10. The molecule has 0 amide bonds. The molecule has 1 N–H and O–H groups in total. The average Bonchev–Trinajstić information content (AvgIpc) is 3.07. The molecule has 7 aromatic carbocycles. The lowest BCUT2D eigenvalue weighted by molar-refractivity contribution is 1.31. The molecular formula is C41H32N2. The maximum atomic E-state index is 4.61. The van der Waals surface area contributed by atoms with Crippen LogP contribution >= 0.6 is 0 Å². The average molecular weight is 553 g/mol. The lowest BCUT2D eigenvalue weighted by Crippen LogP contribution is -1.92. The fraction of sp³-hybridized carbons (Fsp3) is 0.0488. The van der Waals surface area contributed by atoms with E-state index < -0.39 is 0 Å². The van der Waals surface area contributed by atoms with Gasteiger partial charge >= 0.3 is 0 Å². The first-order valence-corrected chi connectivity index (χ1v) is 14.9. The van der Waals surface area contributed by atoms with Gasteiger partial charge in [-0.25, -0.2) is 0 Å². The Bertz CT molecular complexity index is 2060. The van der Waals surface area contributed by atoms with Crippen LogP contribution in [-0.4, -0.2) is 6.21 Å². The normalized spacial score (nSPS) is 11.4. The smallest absolute Gasteiger partial charge is 0.0860 e. The van der Waals surface area contributed by atoms with Gasteiger partial charge in [-0.15, -0.1) is 0 Å². The van der Waals surface area contributed by atoms with Crippen LogP contribution in [0, 0.1) is 0 Å². The molecule has 0 aliphatic rings. The van der Waals surface area contributed by atoms with E-state index in [1.54, 1.807) is 0 Å². The van der Waals surface area contributed by atoms with Crippen LogP contribution in [-0.2, 0) is 0 Å². The first-order chi connectivity index (χ1) is 21.3. The molecule has 2 nitrogen and oxygen atoms in total. The minimum atomic E-state index is 0.906. The minimum absolute atomic E-state index is 0.906. The molecule has 0 saturated carbocycles.